The molecule has 3 fully saturated rings. The summed E-state index contributed by atoms with van der Waals surface area (Å²) in [6, 6.07) is 3.32. The normalized spacial score (nSPS) is 29.5. The molecule has 3 aliphatic carbocycles. The Hall–Kier alpha value is -2.15. The van der Waals surface area contributed by atoms with E-state index in [1.165, 1.54) is 6.20 Å². The standard InChI is InChI=1S/C19H23ClN4O3/c20-13-4-1-10(9-23-13)24-18(27)16-12-3-2-11(19(12)6-7-19)15(16)17(26)22-8-5-14(21)25/h1,4,9,11-12,15-16H,2-3,5-8H2,(H2,21,25)(H,22,26)(H,24,27)/t11-,12+,15-,16-/m1/s1. The van der Waals surface area contributed by atoms with E-state index in [2.05, 4.69) is 15.6 Å². The molecular weight excluding hydrogens is 368 g/mol. The summed E-state index contributed by atoms with van der Waals surface area (Å²) < 4.78 is 0. The topological polar surface area (TPSA) is 114 Å². The quantitative estimate of drug-likeness (QED) is 0.641. The minimum atomic E-state index is -0.452. The van der Waals surface area contributed by atoms with E-state index in [-0.39, 0.29) is 53.9 Å². The number of rotatable bonds is 6. The smallest absolute Gasteiger partial charge is 0.228 e. The minimum Gasteiger partial charge on any atom is -0.370 e. The zero-order chi connectivity index (χ0) is 19.2. The van der Waals surface area contributed by atoms with Gasteiger partial charge in [0.05, 0.1) is 23.7 Å². The Kier molecular flexibility index (Phi) is 4.58. The molecule has 1 heterocycles. The molecule has 144 valence electrons. The molecule has 0 unspecified atom stereocenters. The largest absolute Gasteiger partial charge is 0.370 e. The molecule has 4 N–H and O–H groups in total. The fourth-order valence-corrected chi connectivity index (χ4v) is 5.58. The zero-order valence-corrected chi connectivity index (χ0v) is 15.7. The fraction of sp³-hybridized carbons (Fsp3) is 0.579. The molecule has 4 rings (SSSR count). The third-order valence-electron chi connectivity index (χ3n) is 6.62. The number of amides is 3. The lowest BCUT2D eigenvalue weighted by atomic mass is 9.78. The van der Waals surface area contributed by atoms with Gasteiger partial charge < -0.3 is 16.4 Å². The summed E-state index contributed by atoms with van der Waals surface area (Å²) in [5, 5.41) is 6.08. The molecule has 3 saturated carbocycles. The lowest BCUT2D eigenvalue weighted by Crippen LogP contribution is -2.43. The highest BCUT2D eigenvalue weighted by atomic mass is 35.5. The van der Waals surface area contributed by atoms with Crippen LogP contribution in [0.3, 0.4) is 0 Å². The Morgan fingerprint density at radius 1 is 1.15 bits per heavy atom. The van der Waals surface area contributed by atoms with Crippen molar-refractivity contribution in [1.82, 2.24) is 10.3 Å². The van der Waals surface area contributed by atoms with Crippen molar-refractivity contribution in [2.45, 2.75) is 32.1 Å². The number of hydrogen-bond acceptors (Lipinski definition) is 4. The number of pyridine rings is 1. The van der Waals surface area contributed by atoms with Crippen LogP contribution in [0.1, 0.15) is 32.1 Å². The number of primary amides is 1. The van der Waals surface area contributed by atoms with E-state index in [4.69, 9.17) is 17.3 Å². The number of carbonyl (C=O) groups excluding carboxylic acids is 3. The first-order valence-electron chi connectivity index (χ1n) is 9.41. The summed E-state index contributed by atoms with van der Waals surface area (Å²) in [6.07, 6.45) is 5.80. The molecule has 0 saturated heterocycles. The first-order valence-corrected chi connectivity index (χ1v) is 9.78. The maximum absolute atomic E-state index is 13.1. The van der Waals surface area contributed by atoms with Gasteiger partial charge in [-0.25, -0.2) is 4.98 Å². The highest BCUT2D eigenvalue weighted by Crippen LogP contribution is 2.74. The van der Waals surface area contributed by atoms with Gasteiger partial charge in [-0.15, -0.1) is 0 Å². The molecule has 3 amide bonds. The Morgan fingerprint density at radius 3 is 2.37 bits per heavy atom. The minimum absolute atomic E-state index is 0.102. The number of halogens is 1. The van der Waals surface area contributed by atoms with Gasteiger partial charge in [0.2, 0.25) is 17.7 Å². The monoisotopic (exact) mass is 390 g/mol. The van der Waals surface area contributed by atoms with Gasteiger partial charge in [-0.05, 0) is 55.1 Å². The van der Waals surface area contributed by atoms with Crippen LogP contribution in [0.25, 0.3) is 0 Å². The van der Waals surface area contributed by atoms with Gasteiger partial charge in [-0.1, -0.05) is 11.6 Å². The molecule has 4 atom stereocenters. The molecule has 0 radical (unpaired) electrons. The third-order valence-corrected chi connectivity index (χ3v) is 6.84. The van der Waals surface area contributed by atoms with Crippen LogP contribution in [0, 0.1) is 29.1 Å². The van der Waals surface area contributed by atoms with E-state index in [0.717, 1.165) is 25.7 Å². The van der Waals surface area contributed by atoms with Crippen molar-refractivity contribution in [3.8, 4) is 0 Å². The zero-order valence-electron chi connectivity index (χ0n) is 14.9. The van der Waals surface area contributed by atoms with E-state index in [1.54, 1.807) is 12.1 Å². The average molecular weight is 391 g/mol. The molecule has 2 bridgehead atoms. The van der Waals surface area contributed by atoms with Crippen LogP contribution >= 0.6 is 11.6 Å². The summed E-state index contributed by atoms with van der Waals surface area (Å²) >= 11 is 5.80. The Balaban J connectivity index is 1.51. The summed E-state index contributed by atoms with van der Waals surface area (Å²) in [5.74, 6) is -0.928. The number of nitrogens with two attached hydrogens (primary N) is 1. The van der Waals surface area contributed by atoms with Gasteiger partial charge in [0.25, 0.3) is 0 Å². The molecule has 27 heavy (non-hydrogen) atoms. The number of anilines is 1. The molecule has 1 spiro atoms. The maximum atomic E-state index is 13.1. The molecule has 0 aliphatic heterocycles. The van der Waals surface area contributed by atoms with Gasteiger partial charge in [0.15, 0.2) is 0 Å². The molecule has 3 aliphatic rings. The molecule has 1 aromatic rings. The van der Waals surface area contributed by atoms with Crippen molar-refractivity contribution in [2.75, 3.05) is 11.9 Å². The lowest BCUT2D eigenvalue weighted by Gasteiger charge is -2.29. The van der Waals surface area contributed by atoms with Crippen molar-refractivity contribution in [3.05, 3.63) is 23.5 Å². The highest BCUT2D eigenvalue weighted by Gasteiger charge is 2.71. The van der Waals surface area contributed by atoms with Crippen LogP contribution in [0.15, 0.2) is 18.3 Å². The first kappa shape index (κ1) is 18.2. The van der Waals surface area contributed by atoms with Crippen molar-refractivity contribution in [3.63, 3.8) is 0 Å². The Morgan fingerprint density at radius 2 is 1.81 bits per heavy atom. The second kappa shape index (κ2) is 6.78. The average Bonchev–Trinajstić information content (AvgIpc) is 3.29. The van der Waals surface area contributed by atoms with E-state index >= 15 is 0 Å². The van der Waals surface area contributed by atoms with Crippen molar-refractivity contribution in [1.29, 1.82) is 0 Å². The summed E-state index contributed by atoms with van der Waals surface area (Å²) in [5.41, 5.74) is 5.88. The van der Waals surface area contributed by atoms with E-state index in [0.29, 0.717) is 10.8 Å². The van der Waals surface area contributed by atoms with Crippen molar-refractivity contribution < 1.29 is 14.4 Å². The lowest BCUT2D eigenvalue weighted by molar-refractivity contribution is -0.134. The number of nitrogens with zero attached hydrogens (tertiary/aromatic N) is 1. The van der Waals surface area contributed by atoms with Crippen LogP contribution < -0.4 is 16.4 Å². The van der Waals surface area contributed by atoms with Crippen LogP contribution in [0.5, 0.6) is 0 Å². The second-order valence-electron chi connectivity index (χ2n) is 7.94. The van der Waals surface area contributed by atoms with E-state index < -0.39 is 5.91 Å². The van der Waals surface area contributed by atoms with Gasteiger partial charge in [-0.3, -0.25) is 14.4 Å². The van der Waals surface area contributed by atoms with Crippen LogP contribution in [-0.2, 0) is 14.4 Å². The number of nitrogens with one attached hydrogen (secondary N) is 2. The first-order chi connectivity index (χ1) is 12.9. The number of aromatic nitrogens is 1. The Bertz CT molecular complexity index is 778. The summed E-state index contributed by atoms with van der Waals surface area (Å²) in [4.78, 5) is 40.9. The molecule has 7 nitrogen and oxygen atoms in total. The van der Waals surface area contributed by atoms with Crippen molar-refractivity contribution in [2.24, 2.45) is 34.8 Å². The summed E-state index contributed by atoms with van der Waals surface area (Å²) in [7, 11) is 0. The van der Waals surface area contributed by atoms with Crippen LogP contribution in [-0.4, -0.2) is 29.3 Å². The maximum Gasteiger partial charge on any atom is 0.228 e. The van der Waals surface area contributed by atoms with Gasteiger partial charge in [0, 0.05) is 13.0 Å². The van der Waals surface area contributed by atoms with E-state index in [9.17, 15) is 14.4 Å². The SMILES string of the molecule is NC(=O)CCNC(=O)[C@H]1[C@H](C(=O)Nc2ccc(Cl)nc2)[C@@H]2CC[C@H]1C21CC1. The van der Waals surface area contributed by atoms with Gasteiger partial charge in [0.1, 0.15) is 5.15 Å². The van der Waals surface area contributed by atoms with Crippen molar-refractivity contribution >= 4 is 35.0 Å². The Labute approximate surface area is 162 Å². The third kappa shape index (κ3) is 3.18. The second-order valence-corrected chi connectivity index (χ2v) is 8.33. The predicted octanol–water partition coefficient (Wildman–Crippen LogP) is 1.72. The van der Waals surface area contributed by atoms with Crippen LogP contribution in [0.2, 0.25) is 5.15 Å². The molecule has 1 aromatic heterocycles. The van der Waals surface area contributed by atoms with Gasteiger partial charge >= 0.3 is 0 Å². The van der Waals surface area contributed by atoms with Gasteiger partial charge in [-0.2, -0.15) is 0 Å². The van der Waals surface area contributed by atoms with Crippen LogP contribution in [0.4, 0.5) is 5.69 Å². The summed E-state index contributed by atoms with van der Waals surface area (Å²) in [6.45, 7) is 0.213. The predicted molar refractivity (Wildman–Crippen MR) is 99.6 cm³/mol. The number of hydrogen-bond donors (Lipinski definition) is 3. The molecule has 8 heteroatoms. The van der Waals surface area contributed by atoms with E-state index in [1.807, 2.05) is 0 Å². The molecule has 0 aromatic carbocycles. The number of carbonyl (C=O) groups is 3. The fourth-order valence-electron chi connectivity index (χ4n) is 5.46. The molecular formula is C19H23ClN4O3. The highest BCUT2D eigenvalue weighted by molar-refractivity contribution is 6.29.